The van der Waals surface area contributed by atoms with Gasteiger partial charge in [-0.05, 0) is 37.3 Å². The monoisotopic (exact) mass is 336 g/mol. The van der Waals surface area contributed by atoms with Gasteiger partial charge in [-0.1, -0.05) is 0 Å². The summed E-state index contributed by atoms with van der Waals surface area (Å²) in [6.07, 6.45) is 1.70. The predicted octanol–water partition coefficient (Wildman–Crippen LogP) is 2.25. The number of aromatic nitrogens is 2. The average Bonchev–Trinajstić information content (AvgIpc) is 2.93. The van der Waals surface area contributed by atoms with Gasteiger partial charge in [0, 0.05) is 16.8 Å². The first kappa shape index (κ1) is 15.2. The molecule has 0 unspecified atom stereocenters. The number of nitrogens with one attached hydrogen (secondary N) is 3. The fourth-order valence-electron chi connectivity index (χ4n) is 2.79. The Kier molecular flexibility index (Phi) is 3.61. The average molecular weight is 336 g/mol. The Balaban J connectivity index is 1.60. The number of carbonyl (C=O) groups excluding carboxylic acids is 2. The van der Waals surface area contributed by atoms with Crippen molar-refractivity contribution < 1.29 is 14.3 Å². The van der Waals surface area contributed by atoms with Gasteiger partial charge in [0.15, 0.2) is 0 Å². The molecule has 3 N–H and O–H groups in total. The van der Waals surface area contributed by atoms with Gasteiger partial charge >= 0.3 is 0 Å². The molecule has 0 bridgehead atoms. The minimum atomic E-state index is -0.288. The molecule has 2 aromatic heterocycles. The molecule has 1 aliphatic rings. The third-order valence-electron chi connectivity index (χ3n) is 4.01. The van der Waals surface area contributed by atoms with Crippen molar-refractivity contribution in [3.63, 3.8) is 0 Å². The van der Waals surface area contributed by atoms with E-state index in [2.05, 4.69) is 20.6 Å². The van der Waals surface area contributed by atoms with Crippen LogP contribution >= 0.6 is 0 Å². The number of hydrogen-bond donors (Lipinski definition) is 3. The Labute approximate surface area is 143 Å². The molecule has 7 heteroatoms. The van der Waals surface area contributed by atoms with Gasteiger partial charge in [-0.2, -0.15) is 0 Å². The van der Waals surface area contributed by atoms with E-state index in [0.717, 1.165) is 16.6 Å². The summed E-state index contributed by atoms with van der Waals surface area (Å²) in [5, 5.41) is 6.47. The number of H-pyrrole nitrogens is 1. The van der Waals surface area contributed by atoms with Crippen molar-refractivity contribution in [1.29, 1.82) is 0 Å². The highest BCUT2D eigenvalue weighted by Gasteiger charge is 2.18. The van der Waals surface area contributed by atoms with E-state index in [-0.39, 0.29) is 11.8 Å². The van der Waals surface area contributed by atoms with Crippen LogP contribution in [0.15, 0.2) is 36.5 Å². The van der Waals surface area contributed by atoms with Gasteiger partial charge in [0.25, 0.3) is 11.8 Å². The molecule has 4 rings (SSSR count). The molecule has 0 fully saturated rings. The van der Waals surface area contributed by atoms with Crippen LogP contribution in [0.4, 0.5) is 5.69 Å². The fourth-order valence-corrected chi connectivity index (χ4v) is 2.79. The molecule has 7 nitrogen and oxygen atoms in total. The summed E-state index contributed by atoms with van der Waals surface area (Å²) >= 11 is 0. The molecule has 0 atom stereocenters. The lowest BCUT2D eigenvalue weighted by Gasteiger charge is -2.09. The van der Waals surface area contributed by atoms with E-state index in [4.69, 9.17) is 4.74 Å². The fraction of sp³-hybridized carbons (Fsp3) is 0.167. The highest BCUT2D eigenvalue weighted by molar-refractivity contribution is 6.07. The zero-order valence-electron chi connectivity index (χ0n) is 13.6. The minimum absolute atomic E-state index is 0.212. The van der Waals surface area contributed by atoms with Gasteiger partial charge in [-0.3, -0.25) is 14.6 Å². The molecule has 0 saturated carbocycles. The largest absolute Gasteiger partial charge is 0.491 e. The summed E-state index contributed by atoms with van der Waals surface area (Å²) in [5.41, 5.74) is 3.04. The van der Waals surface area contributed by atoms with Crippen molar-refractivity contribution in [2.75, 3.05) is 18.5 Å². The van der Waals surface area contributed by atoms with Gasteiger partial charge in [-0.25, -0.2) is 0 Å². The van der Waals surface area contributed by atoms with Crippen LogP contribution in [0.5, 0.6) is 5.75 Å². The van der Waals surface area contributed by atoms with E-state index in [0.29, 0.717) is 35.8 Å². The Morgan fingerprint density at radius 1 is 1.28 bits per heavy atom. The number of aromatic amines is 1. The lowest BCUT2D eigenvalue weighted by Crippen LogP contribution is -2.24. The summed E-state index contributed by atoms with van der Waals surface area (Å²) in [4.78, 5) is 31.8. The highest BCUT2D eigenvalue weighted by atomic mass is 16.5. The predicted molar refractivity (Wildman–Crippen MR) is 93.1 cm³/mol. The number of ether oxygens (including phenoxy) is 1. The van der Waals surface area contributed by atoms with Gasteiger partial charge in [0.2, 0.25) is 0 Å². The topological polar surface area (TPSA) is 96.1 Å². The van der Waals surface area contributed by atoms with Crippen LogP contribution in [-0.2, 0) is 0 Å². The lowest BCUT2D eigenvalue weighted by atomic mass is 10.1. The number of rotatable bonds is 2. The number of aryl methyl sites for hydroxylation is 1. The molecule has 1 aromatic carbocycles. The number of anilines is 1. The Bertz CT molecular complexity index is 993. The number of carbonyl (C=O) groups is 2. The molecule has 0 saturated heterocycles. The zero-order chi connectivity index (χ0) is 17.4. The molecule has 0 spiro atoms. The van der Waals surface area contributed by atoms with Crippen LogP contribution in [0.2, 0.25) is 0 Å². The number of pyridine rings is 1. The maximum absolute atomic E-state index is 12.5. The van der Waals surface area contributed by atoms with E-state index >= 15 is 0 Å². The van der Waals surface area contributed by atoms with Gasteiger partial charge in [-0.15, -0.1) is 0 Å². The van der Waals surface area contributed by atoms with E-state index in [1.807, 2.05) is 13.0 Å². The van der Waals surface area contributed by atoms with Crippen LogP contribution in [0.3, 0.4) is 0 Å². The standard InChI is InChI=1S/C18H16N4O3/c1-10-6-11-7-14(22-15(11)9-20-10)18(24)21-12-2-3-16-13(8-12)17(23)19-4-5-25-16/h2-3,6-9,22H,4-5H2,1H3,(H,19,23)(H,21,24). The second-order valence-corrected chi connectivity index (χ2v) is 5.87. The van der Waals surface area contributed by atoms with Crippen molar-refractivity contribution >= 4 is 28.4 Å². The zero-order valence-corrected chi connectivity index (χ0v) is 13.6. The number of hydrogen-bond acceptors (Lipinski definition) is 4. The third kappa shape index (κ3) is 2.91. The number of benzene rings is 1. The summed E-state index contributed by atoms with van der Waals surface area (Å²) in [5.74, 6) is 0.0136. The van der Waals surface area contributed by atoms with Crippen molar-refractivity contribution in [3.05, 3.63) is 53.5 Å². The lowest BCUT2D eigenvalue weighted by molar-refractivity contribution is 0.0955. The van der Waals surface area contributed by atoms with E-state index < -0.39 is 0 Å². The molecule has 0 aliphatic carbocycles. The van der Waals surface area contributed by atoms with E-state index in [9.17, 15) is 9.59 Å². The van der Waals surface area contributed by atoms with Crippen LogP contribution in [0.25, 0.3) is 10.9 Å². The molecule has 0 radical (unpaired) electrons. The van der Waals surface area contributed by atoms with Crippen LogP contribution in [0.1, 0.15) is 26.5 Å². The van der Waals surface area contributed by atoms with Crippen LogP contribution in [0, 0.1) is 6.92 Å². The minimum Gasteiger partial charge on any atom is -0.491 e. The van der Waals surface area contributed by atoms with Crippen molar-refractivity contribution in [2.24, 2.45) is 0 Å². The maximum Gasteiger partial charge on any atom is 0.272 e. The maximum atomic E-state index is 12.5. The SMILES string of the molecule is Cc1cc2cc(C(=O)Nc3ccc4c(c3)C(=O)NCCO4)[nH]c2cn1. The van der Waals surface area contributed by atoms with Gasteiger partial charge in [0.05, 0.1) is 23.8 Å². The number of fused-ring (bicyclic) bond motifs is 2. The first-order valence-corrected chi connectivity index (χ1v) is 7.92. The molecule has 3 heterocycles. The molecular weight excluding hydrogens is 320 g/mol. The quantitative estimate of drug-likeness (QED) is 0.669. The molecule has 3 aromatic rings. The second kappa shape index (κ2) is 5.94. The van der Waals surface area contributed by atoms with Crippen molar-refractivity contribution in [1.82, 2.24) is 15.3 Å². The summed E-state index contributed by atoms with van der Waals surface area (Å²) in [6.45, 7) is 2.78. The van der Waals surface area contributed by atoms with Gasteiger partial charge in [0.1, 0.15) is 18.1 Å². The smallest absolute Gasteiger partial charge is 0.272 e. The molecule has 1 aliphatic heterocycles. The molecular formula is C18H16N4O3. The van der Waals surface area contributed by atoms with Gasteiger partial charge < -0.3 is 20.4 Å². The molecule has 25 heavy (non-hydrogen) atoms. The van der Waals surface area contributed by atoms with Crippen molar-refractivity contribution in [3.8, 4) is 5.75 Å². The Morgan fingerprint density at radius 2 is 2.16 bits per heavy atom. The second-order valence-electron chi connectivity index (χ2n) is 5.87. The number of nitrogens with zero attached hydrogens (tertiary/aromatic N) is 1. The first-order valence-electron chi connectivity index (χ1n) is 7.92. The van der Waals surface area contributed by atoms with E-state index in [1.54, 1.807) is 30.5 Å². The molecule has 2 amide bonds. The first-order chi connectivity index (χ1) is 12.1. The van der Waals surface area contributed by atoms with Crippen LogP contribution < -0.4 is 15.4 Å². The van der Waals surface area contributed by atoms with Crippen molar-refractivity contribution in [2.45, 2.75) is 6.92 Å². The Hall–Kier alpha value is -3.35. The highest BCUT2D eigenvalue weighted by Crippen LogP contribution is 2.25. The summed E-state index contributed by atoms with van der Waals surface area (Å²) in [7, 11) is 0. The molecule has 126 valence electrons. The summed E-state index contributed by atoms with van der Waals surface area (Å²) < 4.78 is 5.51. The van der Waals surface area contributed by atoms with E-state index in [1.165, 1.54) is 0 Å². The summed E-state index contributed by atoms with van der Waals surface area (Å²) in [6, 6.07) is 8.70. The van der Waals surface area contributed by atoms with Crippen LogP contribution in [-0.4, -0.2) is 34.9 Å². The Morgan fingerprint density at radius 3 is 3.04 bits per heavy atom. The normalized spacial score (nSPS) is 13.6. The third-order valence-corrected chi connectivity index (χ3v) is 4.01. The number of amides is 2.